The summed E-state index contributed by atoms with van der Waals surface area (Å²) in [7, 11) is 0. The van der Waals surface area contributed by atoms with E-state index in [1.54, 1.807) is 0 Å². The molecular weight excluding hydrogens is 286 g/mol. The topological polar surface area (TPSA) is 58.3 Å². The zero-order chi connectivity index (χ0) is 14.8. The summed E-state index contributed by atoms with van der Waals surface area (Å²) in [6, 6.07) is 9.96. The quantitative estimate of drug-likeness (QED) is 0.923. The number of piperazine rings is 1. The first-order valence-electron chi connectivity index (χ1n) is 6.98. The third-order valence-corrected chi connectivity index (χ3v) is 3.91. The number of nitrogens with two attached hydrogens (primary N) is 1. The molecule has 0 bridgehead atoms. The lowest BCUT2D eigenvalue weighted by Gasteiger charge is -2.36. The van der Waals surface area contributed by atoms with E-state index in [0.717, 1.165) is 42.7 Å². The minimum atomic E-state index is 0.338. The molecule has 21 heavy (non-hydrogen) atoms. The standard InChI is InChI=1S/C15H18ClN5/c1-11-10-14(19-15(17)18-11)21-8-6-20(7-9-21)13-4-2-12(16)3-5-13/h2-5,10H,6-9H2,1H3,(H2,17,18,19). The third kappa shape index (κ3) is 3.19. The Hall–Kier alpha value is -2.01. The third-order valence-electron chi connectivity index (χ3n) is 3.65. The summed E-state index contributed by atoms with van der Waals surface area (Å²) >= 11 is 5.93. The molecule has 0 spiro atoms. The predicted octanol–water partition coefficient (Wildman–Crippen LogP) is 2.35. The normalized spacial score (nSPS) is 15.3. The van der Waals surface area contributed by atoms with Crippen LogP contribution in [0.1, 0.15) is 5.69 Å². The van der Waals surface area contributed by atoms with Gasteiger partial charge in [-0.2, -0.15) is 4.98 Å². The van der Waals surface area contributed by atoms with Gasteiger partial charge >= 0.3 is 0 Å². The van der Waals surface area contributed by atoms with Gasteiger partial charge in [0.15, 0.2) is 0 Å². The minimum absolute atomic E-state index is 0.338. The second-order valence-corrected chi connectivity index (χ2v) is 5.61. The van der Waals surface area contributed by atoms with Crippen molar-refractivity contribution in [2.24, 2.45) is 0 Å². The summed E-state index contributed by atoms with van der Waals surface area (Å²) in [6.07, 6.45) is 0. The highest BCUT2D eigenvalue weighted by Crippen LogP contribution is 2.21. The Bertz CT molecular complexity index is 600. The van der Waals surface area contributed by atoms with Crippen LogP contribution in [0.2, 0.25) is 5.02 Å². The molecule has 0 saturated carbocycles. The Morgan fingerprint density at radius 1 is 1.00 bits per heavy atom. The fourth-order valence-corrected chi connectivity index (χ4v) is 2.71. The first-order chi connectivity index (χ1) is 10.1. The van der Waals surface area contributed by atoms with Crippen LogP contribution >= 0.6 is 11.6 Å². The Balaban J connectivity index is 1.68. The van der Waals surface area contributed by atoms with Crippen molar-refractivity contribution in [3.8, 4) is 0 Å². The number of halogens is 1. The second kappa shape index (κ2) is 5.77. The zero-order valence-electron chi connectivity index (χ0n) is 12.0. The summed E-state index contributed by atoms with van der Waals surface area (Å²) in [5.41, 5.74) is 7.83. The van der Waals surface area contributed by atoms with Gasteiger partial charge in [-0.05, 0) is 31.2 Å². The predicted molar refractivity (Wildman–Crippen MR) is 87.1 cm³/mol. The van der Waals surface area contributed by atoms with Crippen LogP contribution in [0.25, 0.3) is 0 Å². The van der Waals surface area contributed by atoms with Gasteiger partial charge in [-0.25, -0.2) is 4.98 Å². The molecule has 2 heterocycles. The van der Waals surface area contributed by atoms with Gasteiger partial charge < -0.3 is 15.5 Å². The Kier molecular flexibility index (Phi) is 3.84. The van der Waals surface area contributed by atoms with E-state index in [1.807, 2.05) is 25.1 Å². The maximum atomic E-state index is 5.93. The number of rotatable bonds is 2. The lowest BCUT2D eigenvalue weighted by atomic mass is 10.2. The molecule has 2 N–H and O–H groups in total. The van der Waals surface area contributed by atoms with Crippen molar-refractivity contribution in [3.05, 3.63) is 41.0 Å². The van der Waals surface area contributed by atoms with Crippen molar-refractivity contribution in [2.75, 3.05) is 41.7 Å². The molecule has 6 heteroatoms. The van der Waals surface area contributed by atoms with Crippen molar-refractivity contribution in [1.82, 2.24) is 9.97 Å². The summed E-state index contributed by atoms with van der Waals surface area (Å²) in [5.74, 6) is 1.25. The Morgan fingerprint density at radius 3 is 2.24 bits per heavy atom. The summed E-state index contributed by atoms with van der Waals surface area (Å²) < 4.78 is 0. The fraction of sp³-hybridized carbons (Fsp3) is 0.333. The molecule has 1 aliphatic rings. The van der Waals surface area contributed by atoms with Gasteiger partial charge in [0, 0.05) is 48.6 Å². The Morgan fingerprint density at radius 2 is 1.62 bits per heavy atom. The molecule has 1 aliphatic heterocycles. The molecule has 1 aromatic heterocycles. The van der Waals surface area contributed by atoms with Crippen LogP contribution in [0.3, 0.4) is 0 Å². The molecule has 1 saturated heterocycles. The van der Waals surface area contributed by atoms with Gasteiger partial charge in [-0.15, -0.1) is 0 Å². The van der Waals surface area contributed by atoms with E-state index < -0.39 is 0 Å². The van der Waals surface area contributed by atoms with Crippen molar-refractivity contribution >= 4 is 29.1 Å². The van der Waals surface area contributed by atoms with Crippen molar-refractivity contribution in [1.29, 1.82) is 0 Å². The van der Waals surface area contributed by atoms with E-state index in [9.17, 15) is 0 Å². The van der Waals surface area contributed by atoms with Gasteiger partial charge in [0.1, 0.15) is 5.82 Å². The number of aryl methyl sites for hydroxylation is 1. The van der Waals surface area contributed by atoms with Crippen LogP contribution in [0, 0.1) is 6.92 Å². The number of nitrogens with zero attached hydrogens (tertiary/aromatic N) is 4. The van der Waals surface area contributed by atoms with Crippen LogP contribution in [0.5, 0.6) is 0 Å². The van der Waals surface area contributed by atoms with Crippen LogP contribution in [-0.4, -0.2) is 36.1 Å². The minimum Gasteiger partial charge on any atom is -0.368 e. The molecule has 3 rings (SSSR count). The highest BCUT2D eigenvalue weighted by Gasteiger charge is 2.18. The van der Waals surface area contributed by atoms with Gasteiger partial charge in [0.2, 0.25) is 5.95 Å². The fourth-order valence-electron chi connectivity index (χ4n) is 2.58. The van der Waals surface area contributed by atoms with E-state index in [2.05, 4.69) is 31.9 Å². The lowest BCUT2D eigenvalue weighted by Crippen LogP contribution is -2.46. The smallest absolute Gasteiger partial charge is 0.222 e. The van der Waals surface area contributed by atoms with Gasteiger partial charge in [-0.1, -0.05) is 11.6 Å². The van der Waals surface area contributed by atoms with Crippen LogP contribution < -0.4 is 15.5 Å². The van der Waals surface area contributed by atoms with E-state index in [1.165, 1.54) is 5.69 Å². The molecule has 0 atom stereocenters. The van der Waals surface area contributed by atoms with Crippen molar-refractivity contribution in [2.45, 2.75) is 6.92 Å². The summed E-state index contributed by atoms with van der Waals surface area (Å²) in [5, 5.41) is 0.768. The number of aromatic nitrogens is 2. The molecule has 0 amide bonds. The first kappa shape index (κ1) is 13.9. The number of nitrogen functional groups attached to an aromatic ring is 1. The molecule has 1 aromatic carbocycles. The van der Waals surface area contributed by atoms with Crippen LogP contribution in [0.4, 0.5) is 17.5 Å². The molecule has 110 valence electrons. The molecule has 5 nitrogen and oxygen atoms in total. The SMILES string of the molecule is Cc1cc(N2CCN(c3ccc(Cl)cc3)CC2)nc(N)n1. The number of hydrogen-bond donors (Lipinski definition) is 1. The molecule has 0 unspecified atom stereocenters. The summed E-state index contributed by atoms with van der Waals surface area (Å²) in [4.78, 5) is 13.0. The molecule has 0 radical (unpaired) electrons. The maximum Gasteiger partial charge on any atom is 0.222 e. The highest BCUT2D eigenvalue weighted by atomic mass is 35.5. The largest absolute Gasteiger partial charge is 0.368 e. The van der Waals surface area contributed by atoms with Gasteiger partial charge in [0.25, 0.3) is 0 Å². The molecule has 2 aromatic rings. The number of anilines is 3. The van der Waals surface area contributed by atoms with Gasteiger partial charge in [0.05, 0.1) is 0 Å². The lowest BCUT2D eigenvalue weighted by molar-refractivity contribution is 0.647. The average molecular weight is 304 g/mol. The van der Waals surface area contributed by atoms with Crippen LogP contribution in [0.15, 0.2) is 30.3 Å². The maximum absolute atomic E-state index is 5.93. The second-order valence-electron chi connectivity index (χ2n) is 5.18. The summed E-state index contributed by atoms with van der Waals surface area (Å²) in [6.45, 7) is 5.66. The monoisotopic (exact) mass is 303 g/mol. The molecular formula is C15H18ClN5. The van der Waals surface area contributed by atoms with Crippen molar-refractivity contribution < 1.29 is 0 Å². The van der Waals surface area contributed by atoms with E-state index in [-0.39, 0.29) is 0 Å². The van der Waals surface area contributed by atoms with Gasteiger partial charge in [-0.3, -0.25) is 0 Å². The van der Waals surface area contributed by atoms with E-state index in [0.29, 0.717) is 5.95 Å². The van der Waals surface area contributed by atoms with Crippen molar-refractivity contribution in [3.63, 3.8) is 0 Å². The molecule has 1 fully saturated rings. The number of benzene rings is 1. The van der Waals surface area contributed by atoms with E-state index >= 15 is 0 Å². The first-order valence-corrected chi connectivity index (χ1v) is 7.36. The Labute approximate surface area is 129 Å². The van der Waals surface area contributed by atoms with E-state index in [4.69, 9.17) is 17.3 Å². The average Bonchev–Trinajstić information content (AvgIpc) is 2.47. The zero-order valence-corrected chi connectivity index (χ0v) is 12.7. The number of hydrogen-bond acceptors (Lipinski definition) is 5. The molecule has 0 aliphatic carbocycles. The highest BCUT2D eigenvalue weighted by molar-refractivity contribution is 6.30. The van der Waals surface area contributed by atoms with Crippen LogP contribution in [-0.2, 0) is 0 Å².